The summed E-state index contributed by atoms with van der Waals surface area (Å²) in [5.41, 5.74) is 3.32. The van der Waals surface area contributed by atoms with Crippen molar-refractivity contribution in [1.82, 2.24) is 24.5 Å². The molecule has 0 aliphatic carbocycles. The predicted octanol–water partition coefficient (Wildman–Crippen LogP) is 2.38. The number of nitrogens with zero attached hydrogens (tertiary/aromatic N) is 6. The van der Waals surface area contributed by atoms with Crippen LogP contribution in [0.4, 0.5) is 5.82 Å². The van der Waals surface area contributed by atoms with Gasteiger partial charge < -0.3 is 4.90 Å². The molecule has 0 spiro atoms. The maximum Gasteiger partial charge on any atom is 0.154 e. The number of thiazole rings is 1. The van der Waals surface area contributed by atoms with Crippen LogP contribution in [-0.4, -0.2) is 50.7 Å². The third kappa shape index (κ3) is 3.01. The average Bonchev–Trinajstić information content (AvgIpc) is 3.20. The molecule has 0 radical (unpaired) electrons. The molecule has 3 aromatic rings. The second-order valence-electron chi connectivity index (χ2n) is 6.22. The fourth-order valence-electron chi connectivity index (χ4n) is 3.20. The molecule has 3 aromatic heterocycles. The molecule has 7 heteroatoms. The van der Waals surface area contributed by atoms with Crippen LogP contribution < -0.4 is 4.90 Å². The van der Waals surface area contributed by atoms with Crippen LogP contribution in [0.3, 0.4) is 0 Å². The highest BCUT2D eigenvalue weighted by Crippen LogP contribution is 2.21. The Morgan fingerprint density at radius 3 is 2.79 bits per heavy atom. The van der Waals surface area contributed by atoms with Crippen molar-refractivity contribution in [2.45, 2.75) is 26.8 Å². The summed E-state index contributed by atoms with van der Waals surface area (Å²) in [6.45, 7) is 9.18. The number of piperazine rings is 1. The summed E-state index contributed by atoms with van der Waals surface area (Å²) >= 11 is 1.77. The molecule has 0 atom stereocenters. The lowest BCUT2D eigenvalue weighted by molar-refractivity contribution is 0.247. The van der Waals surface area contributed by atoms with E-state index in [1.807, 2.05) is 23.8 Å². The molecule has 4 rings (SSSR count). The molecule has 0 aromatic carbocycles. The third-order valence-electron chi connectivity index (χ3n) is 4.45. The van der Waals surface area contributed by atoms with Gasteiger partial charge >= 0.3 is 0 Å². The Kier molecular flexibility index (Phi) is 4.20. The Bertz CT molecular complexity index is 831. The molecule has 0 unspecified atom stereocenters. The molecule has 4 heterocycles. The number of rotatable bonds is 4. The van der Waals surface area contributed by atoms with Crippen molar-refractivity contribution in [3.8, 4) is 0 Å². The molecule has 1 fully saturated rings. The van der Waals surface area contributed by atoms with E-state index in [-0.39, 0.29) is 0 Å². The minimum atomic E-state index is 0.952. The molecular formula is C17H22N6S. The second-order valence-corrected chi connectivity index (χ2v) is 7.16. The molecule has 6 nitrogen and oxygen atoms in total. The molecule has 0 bridgehead atoms. The number of hydrogen-bond acceptors (Lipinski definition) is 6. The van der Waals surface area contributed by atoms with Crippen LogP contribution in [0, 0.1) is 6.92 Å². The van der Waals surface area contributed by atoms with Crippen LogP contribution in [-0.2, 0) is 13.0 Å². The number of aryl methyl sites for hydroxylation is 2. The second kappa shape index (κ2) is 6.49. The Labute approximate surface area is 145 Å². The highest BCUT2D eigenvalue weighted by Gasteiger charge is 2.21. The minimum Gasteiger partial charge on any atom is -0.352 e. The van der Waals surface area contributed by atoms with E-state index >= 15 is 0 Å². The summed E-state index contributed by atoms with van der Waals surface area (Å²) in [7, 11) is 0. The van der Waals surface area contributed by atoms with E-state index in [0.717, 1.165) is 56.2 Å². The van der Waals surface area contributed by atoms with Gasteiger partial charge in [-0.3, -0.25) is 4.90 Å². The van der Waals surface area contributed by atoms with Crippen molar-refractivity contribution in [3.63, 3.8) is 0 Å². The molecular weight excluding hydrogens is 320 g/mol. The zero-order valence-electron chi connectivity index (χ0n) is 14.1. The Hall–Kier alpha value is -1.99. The molecule has 0 N–H and O–H groups in total. The fraction of sp³-hybridized carbons (Fsp3) is 0.471. The van der Waals surface area contributed by atoms with Crippen molar-refractivity contribution in [1.29, 1.82) is 0 Å². The lowest BCUT2D eigenvalue weighted by Crippen LogP contribution is -2.46. The summed E-state index contributed by atoms with van der Waals surface area (Å²) in [6.07, 6.45) is 4.78. The lowest BCUT2D eigenvalue weighted by atomic mass is 10.3. The van der Waals surface area contributed by atoms with Crippen molar-refractivity contribution in [2.75, 3.05) is 31.1 Å². The van der Waals surface area contributed by atoms with Gasteiger partial charge in [0, 0.05) is 50.5 Å². The fourth-order valence-corrected chi connectivity index (χ4v) is 3.94. The largest absolute Gasteiger partial charge is 0.352 e. The quantitative estimate of drug-likeness (QED) is 0.729. The normalized spacial score (nSPS) is 16.2. The first-order valence-corrected chi connectivity index (χ1v) is 9.32. The van der Waals surface area contributed by atoms with Gasteiger partial charge in [-0.2, -0.15) is 5.10 Å². The highest BCUT2D eigenvalue weighted by molar-refractivity contribution is 7.09. The standard InChI is InChI=1S/C17H22N6S/c1-3-16-19-14(12-24-16)11-21-6-8-22(9-7-21)17-15-10-13(2)20-23(15)5-4-18-17/h4-5,10,12H,3,6-9,11H2,1-2H3. The molecule has 126 valence electrons. The van der Waals surface area contributed by atoms with Crippen LogP contribution in [0.25, 0.3) is 5.52 Å². The van der Waals surface area contributed by atoms with E-state index in [1.54, 1.807) is 11.3 Å². The summed E-state index contributed by atoms with van der Waals surface area (Å²) in [4.78, 5) is 14.1. The third-order valence-corrected chi connectivity index (χ3v) is 5.49. The van der Waals surface area contributed by atoms with Gasteiger partial charge in [0.25, 0.3) is 0 Å². The summed E-state index contributed by atoms with van der Waals surface area (Å²) in [6, 6.07) is 2.11. The smallest absolute Gasteiger partial charge is 0.154 e. The van der Waals surface area contributed by atoms with E-state index in [1.165, 1.54) is 10.7 Å². The van der Waals surface area contributed by atoms with Crippen molar-refractivity contribution < 1.29 is 0 Å². The SMILES string of the molecule is CCc1nc(CN2CCN(c3nccn4nc(C)cc34)CC2)cs1. The first-order valence-electron chi connectivity index (χ1n) is 8.44. The van der Waals surface area contributed by atoms with Crippen molar-refractivity contribution in [2.24, 2.45) is 0 Å². The molecule has 1 aliphatic heterocycles. The maximum atomic E-state index is 4.68. The average molecular weight is 342 g/mol. The van der Waals surface area contributed by atoms with Crippen LogP contribution in [0.5, 0.6) is 0 Å². The van der Waals surface area contributed by atoms with Gasteiger partial charge in [-0.05, 0) is 19.4 Å². The zero-order chi connectivity index (χ0) is 16.5. The van der Waals surface area contributed by atoms with Crippen LogP contribution >= 0.6 is 11.3 Å². The summed E-state index contributed by atoms with van der Waals surface area (Å²) in [5, 5.41) is 7.91. The van der Waals surface area contributed by atoms with Gasteiger partial charge in [0.2, 0.25) is 0 Å². The van der Waals surface area contributed by atoms with Gasteiger partial charge in [0.05, 0.1) is 16.4 Å². The Morgan fingerprint density at radius 2 is 2.04 bits per heavy atom. The molecule has 1 saturated heterocycles. The van der Waals surface area contributed by atoms with E-state index < -0.39 is 0 Å². The van der Waals surface area contributed by atoms with Crippen LogP contribution in [0.1, 0.15) is 23.3 Å². The number of fused-ring (bicyclic) bond motifs is 1. The first-order chi connectivity index (χ1) is 11.7. The van der Waals surface area contributed by atoms with E-state index in [4.69, 9.17) is 0 Å². The number of hydrogen-bond donors (Lipinski definition) is 0. The topological polar surface area (TPSA) is 49.6 Å². The predicted molar refractivity (Wildman–Crippen MR) is 96.7 cm³/mol. The van der Waals surface area contributed by atoms with Crippen molar-refractivity contribution >= 4 is 22.7 Å². The summed E-state index contributed by atoms with van der Waals surface area (Å²) in [5.74, 6) is 1.04. The van der Waals surface area contributed by atoms with Gasteiger partial charge in [0.15, 0.2) is 5.82 Å². The van der Waals surface area contributed by atoms with Gasteiger partial charge in [0.1, 0.15) is 5.52 Å². The monoisotopic (exact) mass is 342 g/mol. The van der Waals surface area contributed by atoms with Crippen LogP contribution in [0.15, 0.2) is 23.8 Å². The Balaban J connectivity index is 1.43. The molecule has 24 heavy (non-hydrogen) atoms. The molecule has 0 saturated carbocycles. The first kappa shape index (κ1) is 15.5. The van der Waals surface area contributed by atoms with E-state index in [9.17, 15) is 0 Å². The number of anilines is 1. The van der Waals surface area contributed by atoms with E-state index in [2.05, 4.69) is 43.2 Å². The summed E-state index contributed by atoms with van der Waals surface area (Å²) < 4.78 is 1.92. The lowest BCUT2D eigenvalue weighted by Gasteiger charge is -2.35. The Morgan fingerprint density at radius 1 is 1.21 bits per heavy atom. The minimum absolute atomic E-state index is 0.952. The highest BCUT2D eigenvalue weighted by atomic mass is 32.1. The van der Waals surface area contributed by atoms with Crippen LogP contribution in [0.2, 0.25) is 0 Å². The van der Waals surface area contributed by atoms with Gasteiger partial charge in [-0.1, -0.05) is 6.92 Å². The molecule has 1 aliphatic rings. The number of aromatic nitrogens is 4. The maximum absolute atomic E-state index is 4.68. The van der Waals surface area contributed by atoms with Crippen molar-refractivity contribution in [3.05, 3.63) is 40.2 Å². The van der Waals surface area contributed by atoms with Gasteiger partial charge in [-0.25, -0.2) is 14.5 Å². The van der Waals surface area contributed by atoms with Gasteiger partial charge in [-0.15, -0.1) is 11.3 Å². The molecule has 0 amide bonds. The van der Waals surface area contributed by atoms with E-state index in [0.29, 0.717) is 0 Å². The zero-order valence-corrected chi connectivity index (χ0v) is 15.0.